The maximum atomic E-state index is 6.55. The van der Waals surface area contributed by atoms with Gasteiger partial charge < -0.3 is 13.6 Å². The number of benzene rings is 7. The molecule has 3 heteroatoms. The number of rotatable bonds is 4. The van der Waals surface area contributed by atoms with Gasteiger partial charge in [0.2, 0.25) is 0 Å². The van der Waals surface area contributed by atoms with Gasteiger partial charge in [-0.2, -0.15) is 0 Å². The van der Waals surface area contributed by atoms with E-state index in [9.17, 15) is 0 Å². The lowest BCUT2D eigenvalue weighted by Crippen LogP contribution is -2.03. The average molecular weight is 653 g/mol. The first-order chi connectivity index (χ1) is 25.3. The molecule has 1 unspecified atom stereocenters. The van der Waals surface area contributed by atoms with Crippen molar-refractivity contribution < 1.29 is 4.42 Å². The van der Waals surface area contributed by atoms with Crippen LogP contribution < -0.4 is 0 Å². The number of furan rings is 1. The zero-order valence-corrected chi connectivity index (χ0v) is 27.8. The molecule has 0 saturated heterocycles. The number of hydrogen-bond donors (Lipinski definition) is 0. The number of hydrogen-bond acceptors (Lipinski definition) is 1. The second-order valence-electron chi connectivity index (χ2n) is 13.6. The molecule has 0 aliphatic heterocycles. The Hall–Kier alpha value is -6.58. The van der Waals surface area contributed by atoms with Crippen LogP contribution in [0.5, 0.6) is 0 Å². The topological polar surface area (TPSA) is 23.0 Å². The molecule has 1 atom stereocenters. The normalized spacial score (nSPS) is 14.8. The Kier molecular flexibility index (Phi) is 6.08. The third kappa shape index (κ3) is 4.12. The molecule has 3 nitrogen and oxygen atoms in total. The minimum Gasteiger partial charge on any atom is -0.456 e. The van der Waals surface area contributed by atoms with Crippen molar-refractivity contribution in [3.8, 4) is 11.4 Å². The van der Waals surface area contributed by atoms with Crippen LogP contribution in [0, 0.1) is 0 Å². The lowest BCUT2D eigenvalue weighted by atomic mass is 9.83. The van der Waals surface area contributed by atoms with Crippen molar-refractivity contribution in [3.05, 3.63) is 187 Å². The first-order valence-corrected chi connectivity index (χ1v) is 17.7. The van der Waals surface area contributed by atoms with E-state index >= 15 is 0 Å². The molecule has 0 bridgehead atoms. The molecule has 0 amide bonds. The van der Waals surface area contributed by atoms with Crippen LogP contribution in [0.4, 0.5) is 0 Å². The molecular weight excluding hydrogens is 621 g/mol. The average Bonchev–Trinajstić information content (AvgIpc) is 3.86. The van der Waals surface area contributed by atoms with Gasteiger partial charge in [0, 0.05) is 55.2 Å². The van der Waals surface area contributed by atoms with E-state index in [1.807, 2.05) is 6.07 Å². The zero-order chi connectivity index (χ0) is 33.5. The van der Waals surface area contributed by atoms with Crippen molar-refractivity contribution >= 4 is 71.1 Å². The minimum absolute atomic E-state index is 0.174. The molecule has 3 aromatic heterocycles. The summed E-state index contributed by atoms with van der Waals surface area (Å²) in [5.74, 6) is 0.174. The van der Waals surface area contributed by atoms with Crippen molar-refractivity contribution in [3.63, 3.8) is 0 Å². The Balaban J connectivity index is 1.23. The summed E-state index contributed by atoms with van der Waals surface area (Å²) in [4.78, 5) is 0. The van der Waals surface area contributed by atoms with Gasteiger partial charge in [0.15, 0.2) is 0 Å². The monoisotopic (exact) mass is 652 g/mol. The van der Waals surface area contributed by atoms with Crippen molar-refractivity contribution in [1.82, 2.24) is 9.13 Å². The van der Waals surface area contributed by atoms with Crippen molar-refractivity contribution in [1.29, 1.82) is 0 Å². The lowest BCUT2D eigenvalue weighted by molar-refractivity contribution is 0.658. The summed E-state index contributed by atoms with van der Waals surface area (Å²) in [5, 5.41) is 7.38. The van der Waals surface area contributed by atoms with E-state index in [4.69, 9.17) is 4.42 Å². The van der Waals surface area contributed by atoms with Gasteiger partial charge in [0.05, 0.1) is 22.1 Å². The number of nitrogens with zero attached hydrogens (tertiary/aromatic N) is 2. The fourth-order valence-corrected chi connectivity index (χ4v) is 8.69. The predicted molar refractivity (Wildman–Crippen MR) is 213 cm³/mol. The summed E-state index contributed by atoms with van der Waals surface area (Å²) in [6.07, 6.45) is 7.80. The number of para-hydroxylation sites is 6. The predicted octanol–water partition coefficient (Wildman–Crippen LogP) is 12.9. The maximum absolute atomic E-state index is 6.55. The van der Waals surface area contributed by atoms with E-state index in [-0.39, 0.29) is 5.92 Å². The summed E-state index contributed by atoms with van der Waals surface area (Å²) >= 11 is 0. The highest BCUT2D eigenvalue weighted by Gasteiger charge is 2.27. The molecule has 7 aromatic carbocycles. The molecule has 0 fully saturated rings. The Morgan fingerprint density at radius 2 is 1.12 bits per heavy atom. The second-order valence-corrected chi connectivity index (χ2v) is 13.6. The largest absolute Gasteiger partial charge is 0.456 e. The van der Waals surface area contributed by atoms with Crippen LogP contribution in [0.2, 0.25) is 0 Å². The molecule has 51 heavy (non-hydrogen) atoms. The zero-order valence-electron chi connectivity index (χ0n) is 27.8. The molecule has 0 saturated carbocycles. The molecule has 0 radical (unpaired) electrons. The van der Waals surface area contributed by atoms with E-state index in [1.54, 1.807) is 0 Å². The lowest BCUT2D eigenvalue weighted by Gasteiger charge is -2.21. The van der Waals surface area contributed by atoms with Crippen molar-refractivity contribution in [2.75, 3.05) is 0 Å². The van der Waals surface area contributed by atoms with Crippen molar-refractivity contribution in [2.24, 2.45) is 0 Å². The van der Waals surface area contributed by atoms with Gasteiger partial charge in [-0.15, -0.1) is 0 Å². The SMILES string of the molecule is C1=CC(c2cccc3c2oc2ccccc23)CC(c2cc3c4ccccc4n(-c4ccccc4)c3c3c2c2ccccc2n3-c2ccccc2)=C1. The maximum Gasteiger partial charge on any atom is 0.139 e. The van der Waals surface area contributed by atoms with Gasteiger partial charge in [0.1, 0.15) is 11.2 Å². The van der Waals surface area contributed by atoms with Crippen LogP contribution in [0.3, 0.4) is 0 Å². The summed E-state index contributed by atoms with van der Waals surface area (Å²) in [7, 11) is 0. The fraction of sp³-hybridized carbons (Fsp3) is 0.0417. The van der Waals surface area contributed by atoms with Crippen molar-refractivity contribution in [2.45, 2.75) is 12.3 Å². The van der Waals surface area contributed by atoms with Crippen LogP contribution >= 0.6 is 0 Å². The van der Waals surface area contributed by atoms with Gasteiger partial charge in [-0.25, -0.2) is 0 Å². The van der Waals surface area contributed by atoms with Crippen LogP contribution in [0.25, 0.3) is 82.5 Å². The Morgan fingerprint density at radius 1 is 0.510 bits per heavy atom. The highest BCUT2D eigenvalue weighted by atomic mass is 16.3. The molecule has 11 rings (SSSR count). The smallest absolute Gasteiger partial charge is 0.139 e. The minimum atomic E-state index is 0.174. The molecule has 0 spiro atoms. The first kappa shape index (κ1) is 28.3. The van der Waals surface area contributed by atoms with E-state index in [2.05, 4.69) is 179 Å². The Bertz CT molecular complexity index is 3040. The standard InChI is InChI=1S/C48H32N2O/c1-3-17-33(18-4-1)49-42-26-10-7-21-36(42)41-30-40(45-39-23-8-11-27-43(39)50(47(45)46(41)49)34-19-5-2-6-20-34)32-16-13-15-31(29-32)35-24-14-25-38-37-22-9-12-28-44(37)51-48(35)38/h1-28,30-31H,29H2. The fourth-order valence-electron chi connectivity index (χ4n) is 8.69. The summed E-state index contributed by atoms with van der Waals surface area (Å²) in [6.45, 7) is 0. The van der Waals surface area contributed by atoms with Gasteiger partial charge >= 0.3 is 0 Å². The van der Waals surface area contributed by atoms with Crippen LogP contribution in [-0.4, -0.2) is 9.13 Å². The van der Waals surface area contributed by atoms with Gasteiger partial charge in [0.25, 0.3) is 0 Å². The molecule has 10 aromatic rings. The quantitative estimate of drug-likeness (QED) is 0.186. The van der Waals surface area contributed by atoms with E-state index in [0.29, 0.717) is 0 Å². The summed E-state index contributed by atoms with van der Waals surface area (Å²) in [5.41, 5.74) is 12.9. The Morgan fingerprint density at radius 3 is 1.88 bits per heavy atom. The van der Waals surface area contributed by atoms with Crippen LogP contribution in [-0.2, 0) is 0 Å². The summed E-state index contributed by atoms with van der Waals surface area (Å²) in [6, 6.07) is 56.9. The third-order valence-corrected chi connectivity index (χ3v) is 10.9. The van der Waals surface area contributed by atoms with E-state index in [0.717, 1.165) is 29.0 Å². The number of fused-ring (bicyclic) bond motifs is 10. The Labute approximate surface area is 294 Å². The van der Waals surface area contributed by atoms with E-state index in [1.165, 1.54) is 71.1 Å². The molecule has 240 valence electrons. The van der Waals surface area contributed by atoms with Gasteiger partial charge in [-0.3, -0.25) is 0 Å². The van der Waals surface area contributed by atoms with Crippen LogP contribution in [0.1, 0.15) is 23.5 Å². The second kappa shape index (κ2) is 11.0. The van der Waals surface area contributed by atoms with Gasteiger partial charge in [-0.05, 0) is 66.1 Å². The van der Waals surface area contributed by atoms with Gasteiger partial charge in [-0.1, -0.05) is 127 Å². The van der Waals surface area contributed by atoms with Crippen LogP contribution in [0.15, 0.2) is 180 Å². The number of aromatic nitrogens is 2. The summed E-state index contributed by atoms with van der Waals surface area (Å²) < 4.78 is 11.5. The first-order valence-electron chi connectivity index (χ1n) is 17.7. The van der Waals surface area contributed by atoms with E-state index < -0.39 is 0 Å². The molecule has 1 aliphatic rings. The highest BCUT2D eigenvalue weighted by Crippen LogP contribution is 2.47. The molecular formula is C48H32N2O. The molecule has 3 heterocycles. The third-order valence-electron chi connectivity index (χ3n) is 10.9. The number of allylic oxidation sites excluding steroid dienone is 4. The highest BCUT2D eigenvalue weighted by molar-refractivity contribution is 6.26. The molecule has 1 aliphatic carbocycles. The molecule has 0 N–H and O–H groups in total.